The molecule has 1 aromatic heterocycles. The van der Waals surface area contributed by atoms with Crippen LogP contribution in [0.2, 0.25) is 0 Å². The molecule has 1 aliphatic heterocycles. The smallest absolute Gasteiger partial charge is 0.256 e. The molecule has 5 nitrogen and oxygen atoms in total. The molecular formula is C16H16N2O3S. The van der Waals surface area contributed by atoms with E-state index in [1.807, 2.05) is 29.0 Å². The van der Waals surface area contributed by atoms with E-state index in [4.69, 9.17) is 4.74 Å². The normalized spacial score (nSPS) is 13.9. The fraction of sp³-hybridized carbons (Fsp3) is 0.250. The molecule has 0 unspecified atom stereocenters. The summed E-state index contributed by atoms with van der Waals surface area (Å²) in [6.45, 7) is 0.243. The monoisotopic (exact) mass is 316 g/mol. The van der Waals surface area contributed by atoms with E-state index in [9.17, 15) is 9.59 Å². The SMILES string of the molecule is COCN1C(=O)CCc2cc(NC(=O)c3ccsc3)ccc21. The second-order valence-electron chi connectivity index (χ2n) is 5.05. The molecule has 6 heteroatoms. The average Bonchev–Trinajstić information content (AvgIpc) is 3.05. The van der Waals surface area contributed by atoms with E-state index in [-0.39, 0.29) is 18.5 Å². The lowest BCUT2D eigenvalue weighted by molar-refractivity contribution is -0.119. The molecule has 0 aliphatic carbocycles. The number of aryl methyl sites for hydroxylation is 1. The van der Waals surface area contributed by atoms with E-state index >= 15 is 0 Å². The number of nitrogens with zero attached hydrogens (tertiary/aromatic N) is 1. The highest BCUT2D eigenvalue weighted by Gasteiger charge is 2.24. The zero-order valence-electron chi connectivity index (χ0n) is 12.2. The van der Waals surface area contributed by atoms with Crippen molar-refractivity contribution in [2.24, 2.45) is 0 Å². The van der Waals surface area contributed by atoms with Crippen LogP contribution in [0.3, 0.4) is 0 Å². The van der Waals surface area contributed by atoms with Gasteiger partial charge in [-0.1, -0.05) is 0 Å². The van der Waals surface area contributed by atoms with Crippen molar-refractivity contribution in [1.29, 1.82) is 0 Å². The van der Waals surface area contributed by atoms with Gasteiger partial charge in [-0.2, -0.15) is 11.3 Å². The van der Waals surface area contributed by atoms with E-state index in [2.05, 4.69) is 5.32 Å². The number of amides is 2. The van der Waals surface area contributed by atoms with Crippen molar-refractivity contribution in [3.8, 4) is 0 Å². The maximum atomic E-state index is 12.1. The van der Waals surface area contributed by atoms with Crippen LogP contribution >= 0.6 is 11.3 Å². The van der Waals surface area contributed by atoms with Gasteiger partial charge in [-0.15, -0.1) is 0 Å². The summed E-state index contributed by atoms with van der Waals surface area (Å²) < 4.78 is 5.09. The number of nitrogens with one attached hydrogen (secondary N) is 1. The number of methoxy groups -OCH3 is 1. The Balaban J connectivity index is 1.82. The first-order valence-electron chi connectivity index (χ1n) is 6.95. The second kappa shape index (κ2) is 6.29. The fourth-order valence-electron chi connectivity index (χ4n) is 2.51. The van der Waals surface area contributed by atoms with Crippen LogP contribution in [0.15, 0.2) is 35.0 Å². The zero-order valence-corrected chi connectivity index (χ0v) is 13.0. The fourth-order valence-corrected chi connectivity index (χ4v) is 3.14. The third-order valence-electron chi connectivity index (χ3n) is 3.58. The molecule has 0 bridgehead atoms. The van der Waals surface area contributed by atoms with E-state index in [0.717, 1.165) is 16.9 Å². The summed E-state index contributed by atoms with van der Waals surface area (Å²) in [5.74, 6) is -0.0637. The summed E-state index contributed by atoms with van der Waals surface area (Å²) in [5, 5.41) is 6.57. The van der Waals surface area contributed by atoms with Crippen molar-refractivity contribution in [2.45, 2.75) is 12.8 Å². The maximum Gasteiger partial charge on any atom is 0.256 e. The van der Waals surface area contributed by atoms with Gasteiger partial charge >= 0.3 is 0 Å². The third-order valence-corrected chi connectivity index (χ3v) is 4.26. The van der Waals surface area contributed by atoms with Crippen LogP contribution in [-0.4, -0.2) is 25.7 Å². The molecule has 2 amide bonds. The number of fused-ring (bicyclic) bond motifs is 1. The molecule has 0 fully saturated rings. The van der Waals surface area contributed by atoms with Gasteiger partial charge in [-0.05, 0) is 41.6 Å². The Morgan fingerprint density at radius 1 is 1.36 bits per heavy atom. The minimum atomic E-state index is -0.123. The molecule has 1 aliphatic rings. The number of carbonyl (C=O) groups excluding carboxylic acids is 2. The van der Waals surface area contributed by atoms with Crippen molar-refractivity contribution in [2.75, 3.05) is 24.1 Å². The van der Waals surface area contributed by atoms with Crippen LogP contribution in [0.5, 0.6) is 0 Å². The summed E-state index contributed by atoms with van der Waals surface area (Å²) >= 11 is 1.49. The van der Waals surface area contributed by atoms with Crippen LogP contribution in [0, 0.1) is 0 Å². The molecule has 2 aromatic rings. The summed E-state index contributed by atoms with van der Waals surface area (Å²) in [4.78, 5) is 25.6. The minimum absolute atomic E-state index is 0.0596. The molecule has 1 aromatic carbocycles. The first kappa shape index (κ1) is 14.7. The Hall–Kier alpha value is -2.18. The molecule has 0 radical (unpaired) electrons. The van der Waals surface area contributed by atoms with Gasteiger partial charge in [0.15, 0.2) is 0 Å². The van der Waals surface area contributed by atoms with Crippen LogP contribution < -0.4 is 10.2 Å². The molecule has 0 saturated carbocycles. The summed E-state index contributed by atoms with van der Waals surface area (Å²) in [6.07, 6.45) is 1.13. The van der Waals surface area contributed by atoms with E-state index < -0.39 is 0 Å². The standard InChI is InChI=1S/C16H16N2O3S/c1-21-10-18-14-4-3-13(8-11(14)2-5-15(18)19)17-16(20)12-6-7-22-9-12/h3-4,6-9H,2,5,10H2,1H3,(H,17,20). The van der Waals surface area contributed by atoms with Crippen LogP contribution in [0.1, 0.15) is 22.3 Å². The summed E-state index contributed by atoms with van der Waals surface area (Å²) in [5.41, 5.74) is 3.28. The molecule has 0 saturated heterocycles. The third kappa shape index (κ3) is 2.88. The topological polar surface area (TPSA) is 58.6 Å². The van der Waals surface area contributed by atoms with Crippen molar-refractivity contribution >= 4 is 34.5 Å². The lowest BCUT2D eigenvalue weighted by atomic mass is 10.0. The molecular weight excluding hydrogens is 300 g/mol. The molecule has 0 atom stereocenters. The van der Waals surface area contributed by atoms with Crippen molar-refractivity contribution in [3.05, 3.63) is 46.2 Å². The molecule has 2 heterocycles. The highest BCUT2D eigenvalue weighted by molar-refractivity contribution is 7.08. The van der Waals surface area contributed by atoms with Crippen molar-refractivity contribution in [3.63, 3.8) is 0 Å². The van der Waals surface area contributed by atoms with Gasteiger partial charge in [-0.25, -0.2) is 0 Å². The van der Waals surface area contributed by atoms with Gasteiger partial charge in [0.25, 0.3) is 5.91 Å². The number of anilines is 2. The molecule has 3 rings (SSSR count). The number of benzene rings is 1. The Labute approximate surface area is 132 Å². The molecule has 22 heavy (non-hydrogen) atoms. The van der Waals surface area contributed by atoms with Crippen LogP contribution in [0.25, 0.3) is 0 Å². The van der Waals surface area contributed by atoms with Crippen molar-refractivity contribution in [1.82, 2.24) is 0 Å². The van der Waals surface area contributed by atoms with Gasteiger partial charge in [-0.3, -0.25) is 14.5 Å². The largest absolute Gasteiger partial charge is 0.364 e. The first-order valence-corrected chi connectivity index (χ1v) is 7.89. The van der Waals surface area contributed by atoms with Gasteiger partial charge in [0.1, 0.15) is 6.73 Å². The predicted octanol–water partition coefficient (Wildman–Crippen LogP) is 2.88. The maximum absolute atomic E-state index is 12.1. The van der Waals surface area contributed by atoms with Crippen molar-refractivity contribution < 1.29 is 14.3 Å². The van der Waals surface area contributed by atoms with Gasteiger partial charge in [0, 0.05) is 30.3 Å². The number of rotatable bonds is 4. The summed E-state index contributed by atoms with van der Waals surface area (Å²) in [6, 6.07) is 7.38. The lowest BCUT2D eigenvalue weighted by Crippen LogP contribution is -2.36. The second-order valence-corrected chi connectivity index (χ2v) is 5.83. The van der Waals surface area contributed by atoms with E-state index in [0.29, 0.717) is 18.4 Å². The number of thiophene rings is 1. The van der Waals surface area contributed by atoms with Crippen LogP contribution in [0.4, 0.5) is 11.4 Å². The number of hydrogen-bond donors (Lipinski definition) is 1. The summed E-state index contributed by atoms with van der Waals surface area (Å²) in [7, 11) is 1.57. The highest BCUT2D eigenvalue weighted by Crippen LogP contribution is 2.30. The molecule has 0 spiro atoms. The predicted molar refractivity (Wildman–Crippen MR) is 86.4 cm³/mol. The molecule has 114 valence electrons. The van der Waals surface area contributed by atoms with Crippen LogP contribution in [-0.2, 0) is 16.0 Å². The first-order chi connectivity index (χ1) is 10.7. The Kier molecular flexibility index (Phi) is 4.22. The average molecular weight is 316 g/mol. The van der Waals surface area contributed by atoms with E-state index in [1.54, 1.807) is 18.1 Å². The van der Waals surface area contributed by atoms with Gasteiger partial charge in [0.05, 0.1) is 5.56 Å². The Bertz CT molecular complexity index is 697. The Morgan fingerprint density at radius 3 is 2.95 bits per heavy atom. The highest BCUT2D eigenvalue weighted by atomic mass is 32.1. The van der Waals surface area contributed by atoms with Gasteiger partial charge < -0.3 is 10.1 Å². The number of ether oxygens (including phenoxy) is 1. The minimum Gasteiger partial charge on any atom is -0.364 e. The van der Waals surface area contributed by atoms with Gasteiger partial charge in [0.2, 0.25) is 5.91 Å². The van der Waals surface area contributed by atoms with E-state index in [1.165, 1.54) is 11.3 Å². The number of carbonyl (C=O) groups is 2. The zero-order chi connectivity index (χ0) is 15.5. The quantitative estimate of drug-likeness (QED) is 0.943. The lowest BCUT2D eigenvalue weighted by Gasteiger charge is -2.29. The number of hydrogen-bond acceptors (Lipinski definition) is 4. The molecule has 1 N–H and O–H groups in total. The Morgan fingerprint density at radius 2 is 2.23 bits per heavy atom.